The molecule has 0 aliphatic rings. The number of amides is 1. The standard InChI is InChI=1S/C20H30F7NO3/c1-3-5-6-7-8-9-10-11-12-14-31-16(29)15(13-4-2)28-17(30)18(21,22)19(23,24)20(25,26)27/h4,15H,2-3,5-14H2,1H3,(H,28,30). The second-order valence-corrected chi connectivity index (χ2v) is 7.19. The number of nitrogens with one attached hydrogen (secondary N) is 1. The third-order valence-corrected chi connectivity index (χ3v) is 4.52. The first kappa shape index (κ1) is 29.2. The zero-order valence-electron chi connectivity index (χ0n) is 17.5. The van der Waals surface area contributed by atoms with Gasteiger partial charge in [-0.15, -0.1) is 6.58 Å². The van der Waals surface area contributed by atoms with Gasteiger partial charge in [-0.1, -0.05) is 64.4 Å². The van der Waals surface area contributed by atoms with Crippen LogP contribution in [0.15, 0.2) is 12.7 Å². The van der Waals surface area contributed by atoms with Crippen LogP contribution in [0.3, 0.4) is 0 Å². The van der Waals surface area contributed by atoms with E-state index in [0.29, 0.717) is 6.42 Å². The van der Waals surface area contributed by atoms with Crippen LogP contribution in [-0.4, -0.2) is 42.5 Å². The normalized spacial score (nSPS) is 13.5. The maximum absolute atomic E-state index is 13.4. The summed E-state index contributed by atoms with van der Waals surface area (Å²) in [5.41, 5.74) is 0. The van der Waals surface area contributed by atoms with Crippen molar-refractivity contribution >= 4 is 11.9 Å². The summed E-state index contributed by atoms with van der Waals surface area (Å²) in [5, 5.41) is 1.21. The van der Waals surface area contributed by atoms with Gasteiger partial charge in [0, 0.05) is 0 Å². The van der Waals surface area contributed by atoms with Crippen LogP contribution >= 0.6 is 0 Å². The quantitative estimate of drug-likeness (QED) is 0.133. The fourth-order valence-electron chi connectivity index (χ4n) is 2.64. The summed E-state index contributed by atoms with van der Waals surface area (Å²) < 4.78 is 94.1. The highest BCUT2D eigenvalue weighted by molar-refractivity contribution is 5.89. The predicted molar refractivity (Wildman–Crippen MR) is 101 cm³/mol. The van der Waals surface area contributed by atoms with Crippen molar-refractivity contribution < 1.29 is 45.1 Å². The van der Waals surface area contributed by atoms with Gasteiger partial charge >= 0.3 is 24.0 Å². The molecular formula is C20H30F7NO3. The molecule has 1 N–H and O–H groups in total. The topological polar surface area (TPSA) is 55.4 Å². The van der Waals surface area contributed by atoms with Crippen LogP contribution in [0.2, 0.25) is 0 Å². The van der Waals surface area contributed by atoms with Crippen molar-refractivity contribution in [2.24, 2.45) is 0 Å². The van der Waals surface area contributed by atoms with Gasteiger partial charge < -0.3 is 10.1 Å². The molecule has 0 fully saturated rings. The fourth-order valence-corrected chi connectivity index (χ4v) is 2.64. The van der Waals surface area contributed by atoms with E-state index in [1.165, 1.54) is 18.2 Å². The number of ether oxygens (including phenoxy) is 1. The van der Waals surface area contributed by atoms with Crippen molar-refractivity contribution in [3.05, 3.63) is 12.7 Å². The molecule has 1 amide bonds. The first-order valence-corrected chi connectivity index (χ1v) is 10.2. The Hall–Kier alpha value is -1.81. The summed E-state index contributed by atoms with van der Waals surface area (Å²) in [4.78, 5) is 23.3. The SMILES string of the molecule is C=CCC(NC(=O)C(F)(F)C(F)(F)C(F)(F)F)C(=O)OCCCCCCCCCCC. The maximum atomic E-state index is 13.4. The number of alkyl halides is 7. The Bertz CT molecular complexity index is 565. The molecular weight excluding hydrogens is 435 g/mol. The van der Waals surface area contributed by atoms with E-state index in [9.17, 15) is 40.3 Å². The number of carbonyl (C=O) groups is 2. The average Bonchev–Trinajstić information content (AvgIpc) is 2.67. The molecule has 0 saturated carbocycles. The maximum Gasteiger partial charge on any atom is 0.460 e. The van der Waals surface area contributed by atoms with Gasteiger partial charge in [0.25, 0.3) is 5.91 Å². The van der Waals surface area contributed by atoms with Gasteiger partial charge in [0.2, 0.25) is 0 Å². The molecule has 182 valence electrons. The molecule has 0 saturated heterocycles. The van der Waals surface area contributed by atoms with Gasteiger partial charge in [-0.25, -0.2) is 4.79 Å². The number of halogens is 7. The Morgan fingerprint density at radius 3 is 1.84 bits per heavy atom. The Morgan fingerprint density at radius 1 is 0.903 bits per heavy atom. The molecule has 0 heterocycles. The molecule has 0 aromatic heterocycles. The first-order chi connectivity index (χ1) is 14.3. The second-order valence-electron chi connectivity index (χ2n) is 7.19. The van der Waals surface area contributed by atoms with Crippen LogP contribution in [0.4, 0.5) is 30.7 Å². The summed E-state index contributed by atoms with van der Waals surface area (Å²) in [6.07, 6.45) is 2.71. The molecule has 0 rings (SSSR count). The third kappa shape index (κ3) is 9.47. The smallest absolute Gasteiger partial charge is 0.460 e. The van der Waals surface area contributed by atoms with E-state index < -0.39 is 42.4 Å². The van der Waals surface area contributed by atoms with Crippen molar-refractivity contribution in [3.63, 3.8) is 0 Å². The lowest BCUT2D eigenvalue weighted by Gasteiger charge is -2.28. The molecule has 0 aliphatic carbocycles. The van der Waals surface area contributed by atoms with Gasteiger partial charge in [-0.3, -0.25) is 4.79 Å². The number of rotatable bonds is 16. The van der Waals surface area contributed by atoms with Gasteiger partial charge in [-0.05, 0) is 12.8 Å². The van der Waals surface area contributed by atoms with Gasteiger partial charge in [-0.2, -0.15) is 30.7 Å². The van der Waals surface area contributed by atoms with Crippen molar-refractivity contribution in [2.45, 2.75) is 95.2 Å². The van der Waals surface area contributed by atoms with E-state index in [-0.39, 0.29) is 6.61 Å². The number of carbonyl (C=O) groups excluding carboxylic acids is 2. The summed E-state index contributed by atoms with van der Waals surface area (Å²) in [7, 11) is 0. The van der Waals surface area contributed by atoms with Crippen LogP contribution in [0, 0.1) is 0 Å². The van der Waals surface area contributed by atoms with Crippen LogP contribution in [0.25, 0.3) is 0 Å². The summed E-state index contributed by atoms with van der Waals surface area (Å²) in [6.45, 7) is 5.24. The largest absolute Gasteiger partial charge is 0.464 e. The Balaban J connectivity index is 4.53. The van der Waals surface area contributed by atoms with E-state index in [1.807, 2.05) is 0 Å². The number of hydrogen-bond donors (Lipinski definition) is 1. The summed E-state index contributed by atoms with van der Waals surface area (Å²) >= 11 is 0. The van der Waals surface area contributed by atoms with Gasteiger partial charge in [0.05, 0.1) is 6.61 Å². The van der Waals surface area contributed by atoms with Crippen LogP contribution in [-0.2, 0) is 14.3 Å². The molecule has 4 nitrogen and oxygen atoms in total. The monoisotopic (exact) mass is 465 g/mol. The zero-order valence-corrected chi connectivity index (χ0v) is 17.5. The molecule has 0 aromatic rings. The Kier molecular flexibility index (Phi) is 12.8. The van der Waals surface area contributed by atoms with Crippen LogP contribution in [0.1, 0.15) is 71.1 Å². The summed E-state index contributed by atoms with van der Waals surface area (Å²) in [5.74, 6) is -16.9. The Labute approximate surface area is 177 Å². The zero-order chi connectivity index (χ0) is 24.1. The molecule has 1 unspecified atom stereocenters. The second kappa shape index (κ2) is 13.6. The van der Waals surface area contributed by atoms with E-state index in [1.54, 1.807) is 0 Å². The molecule has 11 heteroatoms. The fraction of sp³-hybridized carbons (Fsp3) is 0.800. The average molecular weight is 465 g/mol. The van der Waals surface area contributed by atoms with Crippen LogP contribution in [0.5, 0.6) is 0 Å². The molecule has 31 heavy (non-hydrogen) atoms. The highest BCUT2D eigenvalue weighted by atomic mass is 19.4. The molecule has 1 atom stereocenters. The molecule has 0 bridgehead atoms. The van der Waals surface area contributed by atoms with E-state index in [0.717, 1.165) is 44.6 Å². The van der Waals surface area contributed by atoms with Crippen molar-refractivity contribution in [3.8, 4) is 0 Å². The van der Waals surface area contributed by atoms with Gasteiger partial charge in [0.15, 0.2) is 0 Å². The lowest BCUT2D eigenvalue weighted by atomic mass is 10.1. The third-order valence-electron chi connectivity index (χ3n) is 4.52. The van der Waals surface area contributed by atoms with Gasteiger partial charge in [0.1, 0.15) is 6.04 Å². The summed E-state index contributed by atoms with van der Waals surface area (Å²) in [6, 6.07) is -1.86. The van der Waals surface area contributed by atoms with Crippen molar-refractivity contribution in [2.75, 3.05) is 6.61 Å². The number of esters is 1. The van der Waals surface area contributed by atoms with Crippen molar-refractivity contribution in [1.29, 1.82) is 0 Å². The predicted octanol–water partition coefficient (Wildman–Crippen LogP) is 5.95. The molecule has 0 radical (unpaired) electrons. The highest BCUT2D eigenvalue weighted by Gasteiger charge is 2.76. The molecule has 0 aliphatic heterocycles. The number of hydrogen-bond acceptors (Lipinski definition) is 3. The minimum Gasteiger partial charge on any atom is -0.464 e. The van der Waals surface area contributed by atoms with E-state index in [4.69, 9.17) is 4.74 Å². The number of unbranched alkanes of at least 4 members (excludes halogenated alkanes) is 8. The minimum atomic E-state index is -6.65. The Morgan fingerprint density at radius 2 is 1.39 bits per heavy atom. The molecule has 0 aromatic carbocycles. The van der Waals surface area contributed by atoms with E-state index in [2.05, 4.69) is 13.5 Å². The lowest BCUT2D eigenvalue weighted by Crippen LogP contribution is -2.61. The first-order valence-electron chi connectivity index (χ1n) is 10.2. The lowest BCUT2D eigenvalue weighted by molar-refractivity contribution is -0.344. The molecule has 0 spiro atoms. The minimum absolute atomic E-state index is 0.104. The van der Waals surface area contributed by atoms with Crippen LogP contribution < -0.4 is 5.32 Å². The highest BCUT2D eigenvalue weighted by Crippen LogP contribution is 2.46. The van der Waals surface area contributed by atoms with Crippen molar-refractivity contribution in [1.82, 2.24) is 5.32 Å². The van der Waals surface area contributed by atoms with E-state index >= 15 is 0 Å².